The molecule has 0 aromatic carbocycles. The zero-order chi connectivity index (χ0) is 12.8. The molecule has 0 bridgehead atoms. The minimum absolute atomic E-state index is 0.156. The second kappa shape index (κ2) is 6.85. The van der Waals surface area contributed by atoms with Gasteiger partial charge in [-0.15, -0.1) is 0 Å². The normalized spacial score (nSPS) is 15.0. The van der Waals surface area contributed by atoms with E-state index in [9.17, 15) is 9.90 Å². The molecule has 2 heteroatoms. The molecule has 0 fully saturated rings. The molecule has 0 aliphatic rings. The zero-order valence-corrected chi connectivity index (χ0v) is 11.3. The monoisotopic (exact) mass is 226 g/mol. The third-order valence-electron chi connectivity index (χ3n) is 2.87. The molecule has 0 spiro atoms. The molecular formula is C14H26O2. The quantitative estimate of drug-likeness (QED) is 0.675. The van der Waals surface area contributed by atoms with Crippen molar-refractivity contribution in [3.8, 4) is 0 Å². The predicted molar refractivity (Wildman–Crippen MR) is 68.4 cm³/mol. The molecule has 0 amide bonds. The summed E-state index contributed by atoms with van der Waals surface area (Å²) in [6.07, 6.45) is 5.96. The van der Waals surface area contributed by atoms with E-state index in [1.54, 1.807) is 6.92 Å². The van der Waals surface area contributed by atoms with Crippen LogP contribution < -0.4 is 0 Å². The Kier molecular flexibility index (Phi) is 6.58. The van der Waals surface area contributed by atoms with Gasteiger partial charge in [0.2, 0.25) is 0 Å². The van der Waals surface area contributed by atoms with Crippen LogP contribution in [-0.4, -0.2) is 16.5 Å². The summed E-state index contributed by atoms with van der Waals surface area (Å²) in [5, 5.41) is 9.56. The Balaban J connectivity index is 3.80. The number of carbonyl (C=O) groups excluding carboxylic acids is 1. The smallest absolute Gasteiger partial charge is 0.155 e. The van der Waals surface area contributed by atoms with Crippen LogP contribution in [0.2, 0.25) is 0 Å². The Morgan fingerprint density at radius 3 is 2.38 bits per heavy atom. The number of aliphatic hydroxyl groups is 1. The van der Waals surface area contributed by atoms with Gasteiger partial charge in [-0.05, 0) is 52.0 Å². The van der Waals surface area contributed by atoms with E-state index in [-0.39, 0.29) is 5.78 Å². The van der Waals surface area contributed by atoms with Gasteiger partial charge in [-0.3, -0.25) is 4.79 Å². The van der Waals surface area contributed by atoms with Gasteiger partial charge in [0.15, 0.2) is 5.78 Å². The number of carbonyl (C=O) groups is 1. The third kappa shape index (κ3) is 8.66. The van der Waals surface area contributed by atoms with Crippen molar-refractivity contribution in [3.63, 3.8) is 0 Å². The van der Waals surface area contributed by atoms with Gasteiger partial charge in [0, 0.05) is 0 Å². The van der Waals surface area contributed by atoms with E-state index >= 15 is 0 Å². The average molecular weight is 226 g/mol. The first-order chi connectivity index (χ1) is 7.22. The van der Waals surface area contributed by atoms with Crippen LogP contribution in [0.25, 0.3) is 0 Å². The van der Waals surface area contributed by atoms with Gasteiger partial charge in [0.1, 0.15) is 0 Å². The lowest BCUT2D eigenvalue weighted by atomic mass is 9.94. The summed E-state index contributed by atoms with van der Waals surface area (Å²) >= 11 is 0. The van der Waals surface area contributed by atoms with Crippen molar-refractivity contribution in [2.24, 2.45) is 5.92 Å². The number of allylic oxidation sites excluding steroid dienone is 2. The van der Waals surface area contributed by atoms with Crippen molar-refractivity contribution in [2.75, 3.05) is 0 Å². The standard InChI is InChI=1S/C14H26O2/c1-11(7-6-10-14(4,5)16)8-9-12(2)13(3)15/h9,11,16H,6-8,10H2,1-5H3. The zero-order valence-electron chi connectivity index (χ0n) is 11.3. The van der Waals surface area contributed by atoms with Gasteiger partial charge in [-0.25, -0.2) is 0 Å². The highest BCUT2D eigenvalue weighted by Gasteiger charge is 2.12. The highest BCUT2D eigenvalue weighted by atomic mass is 16.3. The molecule has 1 unspecified atom stereocenters. The molecule has 0 saturated heterocycles. The lowest BCUT2D eigenvalue weighted by Crippen LogP contribution is -2.18. The van der Waals surface area contributed by atoms with Crippen molar-refractivity contribution in [1.29, 1.82) is 0 Å². The second-order valence-corrected chi connectivity index (χ2v) is 5.49. The number of rotatable bonds is 7. The number of Topliss-reactive ketones (excluding diaryl/α,β-unsaturated/α-hetero) is 1. The first-order valence-electron chi connectivity index (χ1n) is 6.12. The molecule has 0 heterocycles. The van der Waals surface area contributed by atoms with Crippen LogP contribution in [-0.2, 0) is 4.79 Å². The molecule has 0 saturated carbocycles. The van der Waals surface area contributed by atoms with E-state index < -0.39 is 5.60 Å². The van der Waals surface area contributed by atoms with Crippen LogP contribution in [0.1, 0.15) is 60.3 Å². The number of ketones is 1. The summed E-state index contributed by atoms with van der Waals surface area (Å²) in [5.74, 6) is 0.736. The summed E-state index contributed by atoms with van der Waals surface area (Å²) < 4.78 is 0. The Hall–Kier alpha value is -0.630. The van der Waals surface area contributed by atoms with Gasteiger partial charge >= 0.3 is 0 Å². The first kappa shape index (κ1) is 15.4. The van der Waals surface area contributed by atoms with E-state index in [2.05, 4.69) is 6.92 Å². The molecule has 0 aromatic heterocycles. The van der Waals surface area contributed by atoms with E-state index in [1.165, 1.54) is 0 Å². The predicted octanol–water partition coefficient (Wildman–Crippen LogP) is 3.49. The molecule has 0 radical (unpaired) electrons. The van der Waals surface area contributed by atoms with E-state index in [0.29, 0.717) is 5.92 Å². The van der Waals surface area contributed by atoms with Crippen LogP contribution >= 0.6 is 0 Å². The molecule has 0 aliphatic carbocycles. The van der Waals surface area contributed by atoms with Crippen molar-refractivity contribution in [1.82, 2.24) is 0 Å². The minimum atomic E-state index is -0.551. The molecule has 1 atom stereocenters. The lowest BCUT2D eigenvalue weighted by molar-refractivity contribution is -0.113. The molecule has 94 valence electrons. The molecule has 1 N–H and O–H groups in total. The third-order valence-corrected chi connectivity index (χ3v) is 2.87. The van der Waals surface area contributed by atoms with E-state index in [4.69, 9.17) is 0 Å². The molecular weight excluding hydrogens is 200 g/mol. The first-order valence-corrected chi connectivity index (χ1v) is 6.12. The van der Waals surface area contributed by atoms with Gasteiger partial charge < -0.3 is 5.11 Å². The number of hydrogen-bond acceptors (Lipinski definition) is 2. The molecule has 16 heavy (non-hydrogen) atoms. The maximum Gasteiger partial charge on any atom is 0.155 e. The Morgan fingerprint density at radius 1 is 1.38 bits per heavy atom. The maximum absolute atomic E-state index is 11.0. The Labute approximate surface area is 99.7 Å². The molecule has 0 aliphatic heterocycles. The van der Waals surface area contributed by atoms with Crippen LogP contribution in [0, 0.1) is 5.92 Å². The minimum Gasteiger partial charge on any atom is -0.390 e. The SMILES string of the molecule is CC(=O)C(C)=CCC(C)CCCC(C)(C)O. The fourth-order valence-corrected chi connectivity index (χ4v) is 1.52. The summed E-state index contributed by atoms with van der Waals surface area (Å²) in [6.45, 7) is 9.35. The van der Waals surface area contributed by atoms with Gasteiger partial charge in [-0.2, -0.15) is 0 Å². The molecule has 0 rings (SSSR count). The second-order valence-electron chi connectivity index (χ2n) is 5.49. The van der Waals surface area contributed by atoms with E-state index in [0.717, 1.165) is 31.3 Å². The topological polar surface area (TPSA) is 37.3 Å². The number of hydrogen-bond donors (Lipinski definition) is 1. The van der Waals surface area contributed by atoms with Crippen LogP contribution in [0.4, 0.5) is 0 Å². The fraction of sp³-hybridized carbons (Fsp3) is 0.786. The fourth-order valence-electron chi connectivity index (χ4n) is 1.52. The van der Waals surface area contributed by atoms with Crippen molar-refractivity contribution >= 4 is 5.78 Å². The van der Waals surface area contributed by atoms with Crippen molar-refractivity contribution < 1.29 is 9.90 Å². The van der Waals surface area contributed by atoms with Gasteiger partial charge in [0.05, 0.1) is 5.60 Å². The van der Waals surface area contributed by atoms with Crippen LogP contribution in [0.5, 0.6) is 0 Å². The molecule has 0 aromatic rings. The Bertz CT molecular complexity index is 246. The summed E-state index contributed by atoms with van der Waals surface area (Å²) in [5.41, 5.74) is 0.305. The van der Waals surface area contributed by atoms with Crippen molar-refractivity contribution in [2.45, 2.75) is 65.9 Å². The molecule has 2 nitrogen and oxygen atoms in total. The van der Waals surface area contributed by atoms with E-state index in [1.807, 2.05) is 26.8 Å². The summed E-state index contributed by atoms with van der Waals surface area (Å²) in [4.78, 5) is 11.0. The summed E-state index contributed by atoms with van der Waals surface area (Å²) in [7, 11) is 0. The Morgan fingerprint density at radius 2 is 1.94 bits per heavy atom. The summed E-state index contributed by atoms with van der Waals surface area (Å²) in [6, 6.07) is 0. The average Bonchev–Trinajstić information content (AvgIpc) is 2.11. The largest absolute Gasteiger partial charge is 0.390 e. The van der Waals surface area contributed by atoms with Crippen molar-refractivity contribution in [3.05, 3.63) is 11.6 Å². The van der Waals surface area contributed by atoms with Gasteiger partial charge in [-0.1, -0.05) is 25.8 Å². The van der Waals surface area contributed by atoms with Gasteiger partial charge in [0.25, 0.3) is 0 Å². The highest BCUT2D eigenvalue weighted by molar-refractivity contribution is 5.92. The van der Waals surface area contributed by atoms with Crippen LogP contribution in [0.15, 0.2) is 11.6 Å². The lowest BCUT2D eigenvalue weighted by Gasteiger charge is -2.17. The highest BCUT2D eigenvalue weighted by Crippen LogP contribution is 2.18. The maximum atomic E-state index is 11.0. The van der Waals surface area contributed by atoms with Crippen LogP contribution in [0.3, 0.4) is 0 Å².